The van der Waals surface area contributed by atoms with Crippen LogP contribution in [0, 0.1) is 20.8 Å². The highest BCUT2D eigenvalue weighted by Gasteiger charge is 2.11. The largest absolute Gasteiger partial charge is 0.0921 e. The highest BCUT2D eigenvalue weighted by atomic mass is 79.9. The van der Waals surface area contributed by atoms with Crippen molar-refractivity contribution in [2.24, 2.45) is 0 Å². The highest BCUT2D eigenvalue weighted by Crippen LogP contribution is 2.24. The molecule has 100 valence electrons. The maximum atomic E-state index is 3.67. The van der Waals surface area contributed by atoms with E-state index in [9.17, 15) is 0 Å². The molecule has 1 atom stereocenters. The van der Waals surface area contributed by atoms with Crippen molar-refractivity contribution in [2.45, 2.75) is 33.1 Å². The lowest BCUT2D eigenvalue weighted by molar-refractivity contribution is 0.773. The number of hydrogen-bond acceptors (Lipinski definition) is 0. The molecular formula is C18H21Br. The Labute approximate surface area is 125 Å². The van der Waals surface area contributed by atoms with Gasteiger partial charge >= 0.3 is 0 Å². The first-order valence-corrected chi connectivity index (χ1v) is 7.90. The Bertz CT molecular complexity index is 537. The van der Waals surface area contributed by atoms with Crippen molar-refractivity contribution in [1.29, 1.82) is 0 Å². The van der Waals surface area contributed by atoms with E-state index >= 15 is 0 Å². The fraction of sp³-hybridized carbons (Fsp3) is 0.333. The Kier molecular flexibility index (Phi) is 4.81. The van der Waals surface area contributed by atoms with Gasteiger partial charge in [-0.05, 0) is 44.2 Å². The van der Waals surface area contributed by atoms with Gasteiger partial charge in [-0.15, -0.1) is 0 Å². The summed E-state index contributed by atoms with van der Waals surface area (Å²) >= 11 is 3.67. The summed E-state index contributed by atoms with van der Waals surface area (Å²) in [5, 5.41) is 1.00. The van der Waals surface area contributed by atoms with Gasteiger partial charge < -0.3 is 0 Å². The molecule has 0 saturated heterocycles. The van der Waals surface area contributed by atoms with Crippen molar-refractivity contribution >= 4 is 15.9 Å². The maximum Gasteiger partial charge on any atom is 0.0103 e. The van der Waals surface area contributed by atoms with E-state index in [1.54, 1.807) is 0 Å². The standard InChI is InChI=1S/C18H21Br/c1-13-5-4-6-17(10-13)18(12-19)11-16-8-14(2)7-15(3)9-16/h4-10,18H,11-12H2,1-3H3. The second-order valence-electron chi connectivity index (χ2n) is 5.47. The van der Waals surface area contributed by atoms with E-state index in [4.69, 9.17) is 0 Å². The van der Waals surface area contributed by atoms with E-state index in [1.807, 2.05) is 0 Å². The Morgan fingerprint density at radius 1 is 0.895 bits per heavy atom. The summed E-state index contributed by atoms with van der Waals surface area (Å²) in [6.07, 6.45) is 1.09. The average Bonchev–Trinajstić information content (AvgIpc) is 2.34. The van der Waals surface area contributed by atoms with Crippen LogP contribution in [-0.4, -0.2) is 5.33 Å². The van der Waals surface area contributed by atoms with Crippen LogP contribution in [0.5, 0.6) is 0 Å². The van der Waals surface area contributed by atoms with Crippen molar-refractivity contribution in [3.63, 3.8) is 0 Å². The number of halogens is 1. The lowest BCUT2D eigenvalue weighted by Gasteiger charge is -2.16. The van der Waals surface area contributed by atoms with Gasteiger partial charge in [-0.3, -0.25) is 0 Å². The molecule has 1 unspecified atom stereocenters. The fourth-order valence-electron chi connectivity index (χ4n) is 2.66. The molecule has 2 aromatic rings. The first-order chi connectivity index (χ1) is 9.08. The molecule has 0 aliphatic carbocycles. The second kappa shape index (κ2) is 6.38. The summed E-state index contributed by atoms with van der Waals surface area (Å²) in [6, 6.07) is 15.7. The van der Waals surface area contributed by atoms with Crippen LogP contribution in [-0.2, 0) is 6.42 Å². The average molecular weight is 317 g/mol. The van der Waals surface area contributed by atoms with E-state index < -0.39 is 0 Å². The summed E-state index contributed by atoms with van der Waals surface area (Å²) in [5.41, 5.74) is 6.91. The van der Waals surface area contributed by atoms with Crippen molar-refractivity contribution in [3.05, 3.63) is 70.3 Å². The van der Waals surface area contributed by atoms with E-state index in [0.29, 0.717) is 5.92 Å². The summed E-state index contributed by atoms with van der Waals surface area (Å²) < 4.78 is 0. The third-order valence-corrected chi connectivity index (χ3v) is 4.24. The first-order valence-electron chi connectivity index (χ1n) is 6.78. The van der Waals surface area contributed by atoms with Crippen LogP contribution in [0.4, 0.5) is 0 Å². The number of aryl methyl sites for hydroxylation is 3. The summed E-state index contributed by atoms with van der Waals surface area (Å²) in [7, 11) is 0. The van der Waals surface area contributed by atoms with E-state index in [2.05, 4.69) is 79.2 Å². The molecular weight excluding hydrogens is 296 g/mol. The van der Waals surface area contributed by atoms with Gasteiger partial charge in [0, 0.05) is 5.33 Å². The summed E-state index contributed by atoms with van der Waals surface area (Å²) in [5.74, 6) is 0.543. The van der Waals surface area contributed by atoms with Crippen LogP contribution in [0.3, 0.4) is 0 Å². The number of hydrogen-bond donors (Lipinski definition) is 0. The zero-order valence-electron chi connectivity index (χ0n) is 11.9. The van der Waals surface area contributed by atoms with E-state index in [1.165, 1.54) is 27.8 Å². The van der Waals surface area contributed by atoms with Gasteiger partial charge in [-0.2, -0.15) is 0 Å². The van der Waals surface area contributed by atoms with E-state index in [-0.39, 0.29) is 0 Å². The molecule has 0 aliphatic heterocycles. The van der Waals surface area contributed by atoms with E-state index in [0.717, 1.165) is 11.8 Å². The van der Waals surface area contributed by atoms with Crippen LogP contribution in [0.25, 0.3) is 0 Å². The molecule has 2 aromatic carbocycles. The van der Waals surface area contributed by atoms with Crippen molar-refractivity contribution in [3.8, 4) is 0 Å². The smallest absolute Gasteiger partial charge is 0.0103 e. The number of benzene rings is 2. The lowest BCUT2D eigenvalue weighted by Crippen LogP contribution is -2.05. The minimum atomic E-state index is 0.543. The summed E-state index contributed by atoms with van der Waals surface area (Å²) in [4.78, 5) is 0. The Balaban J connectivity index is 2.23. The van der Waals surface area contributed by atoms with Gasteiger partial charge in [-0.25, -0.2) is 0 Å². The molecule has 0 radical (unpaired) electrons. The molecule has 0 aliphatic rings. The number of alkyl halides is 1. The van der Waals surface area contributed by atoms with Gasteiger partial charge in [0.05, 0.1) is 0 Å². The molecule has 19 heavy (non-hydrogen) atoms. The zero-order valence-corrected chi connectivity index (χ0v) is 13.5. The van der Waals surface area contributed by atoms with Crippen LogP contribution in [0.1, 0.15) is 33.7 Å². The van der Waals surface area contributed by atoms with Gasteiger partial charge in [0.2, 0.25) is 0 Å². The van der Waals surface area contributed by atoms with Gasteiger partial charge in [0.25, 0.3) is 0 Å². The molecule has 0 bridgehead atoms. The third-order valence-electron chi connectivity index (χ3n) is 3.46. The van der Waals surface area contributed by atoms with Gasteiger partial charge in [-0.1, -0.05) is 75.1 Å². The molecule has 1 heteroatoms. The molecule has 0 fully saturated rings. The Morgan fingerprint density at radius 2 is 1.58 bits per heavy atom. The molecule has 0 aromatic heterocycles. The molecule has 2 rings (SSSR count). The van der Waals surface area contributed by atoms with Crippen molar-refractivity contribution in [1.82, 2.24) is 0 Å². The molecule has 0 N–H and O–H groups in total. The van der Waals surface area contributed by atoms with Gasteiger partial charge in [0.15, 0.2) is 0 Å². The normalized spacial score (nSPS) is 12.4. The maximum absolute atomic E-state index is 3.67. The zero-order chi connectivity index (χ0) is 13.8. The number of rotatable bonds is 4. The van der Waals surface area contributed by atoms with Crippen LogP contribution < -0.4 is 0 Å². The Morgan fingerprint density at radius 3 is 2.16 bits per heavy atom. The minimum absolute atomic E-state index is 0.543. The molecule has 0 nitrogen and oxygen atoms in total. The third kappa shape index (κ3) is 3.94. The Hall–Kier alpha value is -1.08. The summed E-state index contributed by atoms with van der Waals surface area (Å²) in [6.45, 7) is 6.50. The monoisotopic (exact) mass is 316 g/mol. The minimum Gasteiger partial charge on any atom is -0.0921 e. The highest BCUT2D eigenvalue weighted by molar-refractivity contribution is 9.09. The lowest BCUT2D eigenvalue weighted by atomic mass is 9.91. The van der Waals surface area contributed by atoms with Gasteiger partial charge in [0.1, 0.15) is 0 Å². The quantitative estimate of drug-likeness (QED) is 0.668. The van der Waals surface area contributed by atoms with Crippen LogP contribution >= 0.6 is 15.9 Å². The predicted octanol–water partition coefficient (Wildman–Crippen LogP) is 5.33. The van der Waals surface area contributed by atoms with Crippen molar-refractivity contribution in [2.75, 3.05) is 5.33 Å². The molecule has 0 saturated carbocycles. The SMILES string of the molecule is Cc1cc(C)cc(CC(CBr)c2cccc(C)c2)c1. The fourth-order valence-corrected chi connectivity index (χ4v) is 3.26. The van der Waals surface area contributed by atoms with Crippen LogP contribution in [0.2, 0.25) is 0 Å². The predicted molar refractivity (Wildman–Crippen MR) is 87.3 cm³/mol. The van der Waals surface area contributed by atoms with Crippen LogP contribution in [0.15, 0.2) is 42.5 Å². The second-order valence-corrected chi connectivity index (χ2v) is 6.11. The topological polar surface area (TPSA) is 0 Å². The first kappa shape index (κ1) is 14.3. The molecule has 0 spiro atoms. The van der Waals surface area contributed by atoms with Crippen molar-refractivity contribution < 1.29 is 0 Å². The molecule has 0 heterocycles. The molecule has 0 amide bonds.